The van der Waals surface area contributed by atoms with Gasteiger partial charge in [0.2, 0.25) is 0 Å². The van der Waals surface area contributed by atoms with Gasteiger partial charge < -0.3 is 52.1 Å². The fraction of sp³-hybridized carbons (Fsp3) is 1.00. The van der Waals surface area contributed by atoms with Crippen LogP contribution >= 0.6 is 0 Å². The van der Waals surface area contributed by atoms with Gasteiger partial charge in [0, 0.05) is 13.2 Å². The Bertz CT molecular complexity index is 580. The molecular weight excluding hydrogens is 692 g/mol. The van der Waals surface area contributed by atoms with Crippen LogP contribution in [0.25, 0.3) is 0 Å². The molecule has 11 nitrogen and oxygen atoms in total. The van der Waals surface area contributed by atoms with E-state index in [1.54, 1.807) is 0 Å². The zero-order valence-corrected chi connectivity index (χ0v) is 35.5. The molecule has 0 atom stereocenters. The highest BCUT2D eigenvalue weighted by atomic mass is 16.6. The molecule has 11 heteroatoms. The first-order valence-electron chi connectivity index (χ1n) is 22.3. The van der Waals surface area contributed by atoms with Crippen molar-refractivity contribution >= 4 is 0 Å². The van der Waals surface area contributed by atoms with E-state index >= 15 is 0 Å². The molecule has 326 valence electrons. The number of unbranched alkanes of at least 4 members (excludes halogenated alkanes) is 17. The third-order valence-corrected chi connectivity index (χ3v) is 8.75. The third-order valence-electron chi connectivity index (χ3n) is 8.75. The van der Waals surface area contributed by atoms with Crippen LogP contribution in [0.15, 0.2) is 0 Å². The minimum atomic E-state index is 0.528. The van der Waals surface area contributed by atoms with E-state index in [9.17, 15) is 0 Å². The van der Waals surface area contributed by atoms with Gasteiger partial charge in [-0.25, -0.2) is 0 Å². The molecule has 0 aliphatic heterocycles. The van der Waals surface area contributed by atoms with Gasteiger partial charge in [-0.1, -0.05) is 123 Å². The van der Waals surface area contributed by atoms with Crippen molar-refractivity contribution in [1.29, 1.82) is 0 Å². The maximum atomic E-state index is 5.68. The molecule has 0 amide bonds. The summed E-state index contributed by atoms with van der Waals surface area (Å²) in [6, 6.07) is 0. The lowest BCUT2D eigenvalue weighted by Gasteiger charge is -2.09. The maximum Gasteiger partial charge on any atom is 0.0701 e. The Morgan fingerprint density at radius 1 is 0.148 bits per heavy atom. The molecule has 0 spiro atoms. The monoisotopic (exact) mass is 781 g/mol. The summed E-state index contributed by atoms with van der Waals surface area (Å²) in [6.07, 6.45) is 25.5. The van der Waals surface area contributed by atoms with E-state index < -0.39 is 0 Å². The minimum Gasteiger partial charge on any atom is -0.379 e. The topological polar surface area (TPSA) is 102 Å². The fourth-order valence-electron chi connectivity index (χ4n) is 5.51. The average molecular weight is 781 g/mol. The van der Waals surface area contributed by atoms with Crippen molar-refractivity contribution in [3.8, 4) is 0 Å². The highest BCUT2D eigenvalue weighted by Gasteiger charge is 1.98. The first kappa shape index (κ1) is 53.6. The second kappa shape index (κ2) is 52.6. The zero-order valence-electron chi connectivity index (χ0n) is 35.5. The fourth-order valence-corrected chi connectivity index (χ4v) is 5.51. The van der Waals surface area contributed by atoms with Gasteiger partial charge in [-0.05, 0) is 12.8 Å². The third kappa shape index (κ3) is 51.6. The van der Waals surface area contributed by atoms with E-state index in [2.05, 4.69) is 13.8 Å². The van der Waals surface area contributed by atoms with Gasteiger partial charge in [0.05, 0.1) is 132 Å². The first-order chi connectivity index (χ1) is 26.9. The molecule has 0 bridgehead atoms. The van der Waals surface area contributed by atoms with Crippen molar-refractivity contribution in [2.24, 2.45) is 0 Å². The first-order valence-corrected chi connectivity index (χ1v) is 22.3. The van der Waals surface area contributed by atoms with Crippen LogP contribution < -0.4 is 0 Å². The van der Waals surface area contributed by atoms with Crippen LogP contribution in [-0.4, -0.2) is 145 Å². The number of rotatable bonds is 51. The van der Waals surface area contributed by atoms with Crippen LogP contribution in [0.2, 0.25) is 0 Å². The van der Waals surface area contributed by atoms with Crippen LogP contribution in [-0.2, 0) is 52.1 Å². The summed E-state index contributed by atoms with van der Waals surface area (Å²) in [6.45, 7) is 17.4. The van der Waals surface area contributed by atoms with Crippen LogP contribution in [0.4, 0.5) is 0 Å². The van der Waals surface area contributed by atoms with Crippen molar-refractivity contribution in [3.63, 3.8) is 0 Å². The van der Waals surface area contributed by atoms with E-state index in [0.717, 1.165) is 26.1 Å². The highest BCUT2D eigenvalue weighted by Crippen LogP contribution is 2.12. The molecule has 0 fully saturated rings. The van der Waals surface area contributed by atoms with Crippen LogP contribution in [0, 0.1) is 0 Å². The normalized spacial score (nSPS) is 11.7. The van der Waals surface area contributed by atoms with Crippen molar-refractivity contribution in [3.05, 3.63) is 0 Å². The van der Waals surface area contributed by atoms with Gasteiger partial charge in [0.1, 0.15) is 0 Å². The minimum absolute atomic E-state index is 0.528. The Labute approximate surface area is 332 Å². The van der Waals surface area contributed by atoms with Gasteiger partial charge in [-0.2, -0.15) is 0 Å². The Hall–Kier alpha value is -0.440. The second-order valence-corrected chi connectivity index (χ2v) is 13.7. The Morgan fingerprint density at radius 2 is 0.278 bits per heavy atom. The molecule has 0 aromatic carbocycles. The Kier molecular flexibility index (Phi) is 52.1. The van der Waals surface area contributed by atoms with Gasteiger partial charge in [0.25, 0.3) is 0 Å². The predicted octanol–water partition coefficient (Wildman–Crippen LogP) is 8.62. The van der Waals surface area contributed by atoms with Gasteiger partial charge in [-0.15, -0.1) is 0 Å². The molecule has 0 aromatic rings. The van der Waals surface area contributed by atoms with Crippen LogP contribution in [0.3, 0.4) is 0 Å². The summed E-state index contributed by atoms with van der Waals surface area (Å²) >= 11 is 0. The number of hydrogen-bond donors (Lipinski definition) is 0. The quantitative estimate of drug-likeness (QED) is 0.0555. The molecule has 0 heterocycles. The van der Waals surface area contributed by atoms with E-state index in [4.69, 9.17) is 52.1 Å². The average Bonchev–Trinajstić information content (AvgIpc) is 3.18. The van der Waals surface area contributed by atoms with E-state index in [-0.39, 0.29) is 0 Å². The predicted molar refractivity (Wildman–Crippen MR) is 218 cm³/mol. The SMILES string of the molecule is CCCCCCCCCCCCCCCOCCOCCOCCOCCOCCOCCOCCOCCOCCOCCOCCCCCCCC. The largest absolute Gasteiger partial charge is 0.379 e. The van der Waals surface area contributed by atoms with Crippen molar-refractivity contribution in [2.45, 2.75) is 136 Å². The smallest absolute Gasteiger partial charge is 0.0701 e. The molecule has 0 saturated heterocycles. The molecule has 0 aliphatic carbocycles. The maximum absolute atomic E-state index is 5.68. The molecule has 0 saturated carbocycles. The zero-order chi connectivity index (χ0) is 38.8. The Morgan fingerprint density at radius 3 is 0.444 bits per heavy atom. The lowest BCUT2D eigenvalue weighted by molar-refractivity contribution is -0.0275. The molecular formula is C43H88O11. The molecule has 0 aliphatic rings. The van der Waals surface area contributed by atoms with Crippen molar-refractivity contribution in [2.75, 3.05) is 145 Å². The Balaban J connectivity index is 3.05. The number of hydrogen-bond acceptors (Lipinski definition) is 11. The lowest BCUT2D eigenvalue weighted by atomic mass is 10.0. The summed E-state index contributed by atoms with van der Waals surface area (Å²) < 4.78 is 61.1. The van der Waals surface area contributed by atoms with Crippen LogP contribution in [0.5, 0.6) is 0 Å². The summed E-state index contributed by atoms with van der Waals surface area (Å²) in [5.41, 5.74) is 0. The van der Waals surface area contributed by atoms with E-state index in [0.29, 0.717) is 132 Å². The molecule has 0 rings (SSSR count). The lowest BCUT2D eigenvalue weighted by Crippen LogP contribution is -2.15. The van der Waals surface area contributed by atoms with Crippen LogP contribution in [0.1, 0.15) is 136 Å². The molecule has 54 heavy (non-hydrogen) atoms. The molecule has 0 aromatic heterocycles. The summed E-state index contributed by atoms with van der Waals surface area (Å²) in [7, 11) is 0. The van der Waals surface area contributed by atoms with Gasteiger partial charge in [0.15, 0.2) is 0 Å². The van der Waals surface area contributed by atoms with Crippen molar-refractivity contribution in [1.82, 2.24) is 0 Å². The molecule has 0 unspecified atom stereocenters. The number of ether oxygens (including phenoxy) is 11. The van der Waals surface area contributed by atoms with E-state index in [1.165, 1.54) is 109 Å². The molecule has 0 radical (unpaired) electrons. The van der Waals surface area contributed by atoms with E-state index in [1.807, 2.05) is 0 Å². The highest BCUT2D eigenvalue weighted by molar-refractivity contribution is 4.49. The van der Waals surface area contributed by atoms with Crippen molar-refractivity contribution < 1.29 is 52.1 Å². The summed E-state index contributed by atoms with van der Waals surface area (Å²) in [5.74, 6) is 0. The standard InChI is InChI=1S/C43H88O11/c1-3-5-7-9-11-12-13-14-15-16-17-19-21-23-45-25-27-47-29-31-49-33-35-51-37-39-53-41-43-54-42-40-52-38-36-50-34-32-48-30-28-46-26-24-44-22-20-18-10-8-6-4-2/h3-43H2,1-2H3. The second-order valence-electron chi connectivity index (χ2n) is 13.7. The molecule has 0 N–H and O–H groups in total. The van der Waals surface area contributed by atoms with Gasteiger partial charge in [-0.3, -0.25) is 0 Å². The summed E-state index contributed by atoms with van der Waals surface area (Å²) in [5, 5.41) is 0. The summed E-state index contributed by atoms with van der Waals surface area (Å²) in [4.78, 5) is 0. The van der Waals surface area contributed by atoms with Gasteiger partial charge >= 0.3 is 0 Å².